The lowest BCUT2D eigenvalue weighted by atomic mass is 9.95. The molecule has 2 aliphatic rings. The van der Waals surface area contributed by atoms with Crippen LogP contribution in [0, 0.1) is 17.5 Å². The lowest BCUT2D eigenvalue weighted by Crippen LogP contribution is -2.50. The molecular formula is C25H18F3N3O2. The second-order valence-corrected chi connectivity index (χ2v) is 8.18. The van der Waals surface area contributed by atoms with Gasteiger partial charge in [0.25, 0.3) is 5.91 Å². The number of nitrogens with zero attached hydrogens (tertiary/aromatic N) is 2. The molecule has 1 aromatic heterocycles. The third-order valence-electron chi connectivity index (χ3n) is 6.42. The van der Waals surface area contributed by atoms with Gasteiger partial charge in [0.05, 0.1) is 24.1 Å². The maximum absolute atomic E-state index is 14.4. The number of hydrogen-bond donors (Lipinski definition) is 1. The minimum atomic E-state index is -1.10. The van der Waals surface area contributed by atoms with Gasteiger partial charge in [-0.25, -0.2) is 13.2 Å². The SMILES string of the molecule is COc1ccc2[nH]c3c(c2c1)CCN1C(=O)c2cc(F)c(F)cc2N(c2cccc(F)c2)C31. The van der Waals surface area contributed by atoms with E-state index < -0.39 is 29.5 Å². The largest absolute Gasteiger partial charge is 0.497 e. The van der Waals surface area contributed by atoms with Crippen LogP contribution >= 0.6 is 0 Å². The topological polar surface area (TPSA) is 48.6 Å². The van der Waals surface area contributed by atoms with Crippen molar-refractivity contribution in [1.82, 2.24) is 9.88 Å². The van der Waals surface area contributed by atoms with E-state index in [1.165, 1.54) is 12.1 Å². The van der Waals surface area contributed by atoms with E-state index in [0.717, 1.165) is 34.3 Å². The normalized spacial score (nSPS) is 17.1. The van der Waals surface area contributed by atoms with Crippen molar-refractivity contribution in [1.29, 1.82) is 0 Å². The van der Waals surface area contributed by atoms with Crippen LogP contribution in [-0.2, 0) is 6.42 Å². The Hall–Kier alpha value is -3.94. The predicted molar refractivity (Wildman–Crippen MR) is 117 cm³/mol. The maximum atomic E-state index is 14.4. The van der Waals surface area contributed by atoms with Gasteiger partial charge in [-0.1, -0.05) is 6.07 Å². The van der Waals surface area contributed by atoms with Crippen LogP contribution in [0.1, 0.15) is 27.8 Å². The zero-order valence-electron chi connectivity index (χ0n) is 17.5. The monoisotopic (exact) mass is 449 g/mol. The lowest BCUT2D eigenvalue weighted by molar-refractivity contribution is 0.0641. The number of aromatic nitrogens is 1. The van der Waals surface area contributed by atoms with Gasteiger partial charge in [0.2, 0.25) is 0 Å². The number of rotatable bonds is 2. The van der Waals surface area contributed by atoms with Crippen LogP contribution in [0.3, 0.4) is 0 Å². The summed E-state index contributed by atoms with van der Waals surface area (Å²) in [6.45, 7) is 0.366. The summed E-state index contributed by atoms with van der Waals surface area (Å²) >= 11 is 0. The lowest BCUT2D eigenvalue weighted by Gasteiger charge is -2.47. The van der Waals surface area contributed by atoms with Gasteiger partial charge >= 0.3 is 0 Å². The minimum absolute atomic E-state index is 0.0376. The Balaban J connectivity index is 1.64. The van der Waals surface area contributed by atoms with E-state index in [1.54, 1.807) is 29.0 Å². The van der Waals surface area contributed by atoms with Crippen molar-refractivity contribution in [3.63, 3.8) is 0 Å². The van der Waals surface area contributed by atoms with Crippen LogP contribution in [0.4, 0.5) is 24.5 Å². The highest BCUT2D eigenvalue weighted by molar-refractivity contribution is 6.04. The van der Waals surface area contributed by atoms with Gasteiger partial charge < -0.3 is 19.5 Å². The molecule has 166 valence electrons. The first kappa shape index (κ1) is 19.7. The summed E-state index contributed by atoms with van der Waals surface area (Å²) in [6.07, 6.45) is -0.111. The van der Waals surface area contributed by atoms with Crippen molar-refractivity contribution in [3.05, 3.63) is 88.9 Å². The Bertz CT molecular complexity index is 1450. The Morgan fingerprint density at radius 3 is 2.64 bits per heavy atom. The summed E-state index contributed by atoms with van der Waals surface area (Å²) in [5.74, 6) is -2.35. The molecule has 1 amide bonds. The highest BCUT2D eigenvalue weighted by Crippen LogP contribution is 2.48. The number of ether oxygens (including phenoxy) is 1. The van der Waals surface area contributed by atoms with Crippen LogP contribution in [0.25, 0.3) is 10.9 Å². The number of hydrogen-bond acceptors (Lipinski definition) is 3. The molecule has 8 heteroatoms. The quantitative estimate of drug-likeness (QED) is 0.443. The highest BCUT2D eigenvalue weighted by atomic mass is 19.2. The molecule has 33 heavy (non-hydrogen) atoms. The number of carbonyl (C=O) groups excluding carboxylic acids is 1. The molecule has 6 rings (SSSR count). The first-order valence-electron chi connectivity index (χ1n) is 10.5. The number of carbonyl (C=O) groups is 1. The minimum Gasteiger partial charge on any atom is -0.497 e. The van der Waals surface area contributed by atoms with E-state index in [0.29, 0.717) is 24.4 Å². The molecule has 4 aromatic rings. The Morgan fingerprint density at radius 1 is 1.03 bits per heavy atom. The van der Waals surface area contributed by atoms with Crippen LogP contribution in [0.5, 0.6) is 5.75 Å². The predicted octanol–water partition coefficient (Wildman–Crippen LogP) is 5.44. The molecule has 0 saturated carbocycles. The molecule has 0 bridgehead atoms. The summed E-state index contributed by atoms with van der Waals surface area (Å²) in [4.78, 5) is 20.1. The smallest absolute Gasteiger partial charge is 0.258 e. The fraction of sp³-hybridized carbons (Fsp3) is 0.160. The van der Waals surface area contributed by atoms with E-state index in [4.69, 9.17) is 4.74 Å². The second kappa shape index (κ2) is 7.03. The van der Waals surface area contributed by atoms with Gasteiger partial charge in [-0.05, 0) is 54.4 Å². The Morgan fingerprint density at radius 2 is 1.85 bits per heavy atom. The fourth-order valence-electron chi connectivity index (χ4n) is 4.96. The Kier molecular flexibility index (Phi) is 4.20. The summed E-state index contributed by atoms with van der Waals surface area (Å²) in [5.41, 5.74) is 3.27. The van der Waals surface area contributed by atoms with Gasteiger partial charge in [0, 0.05) is 29.2 Å². The zero-order valence-corrected chi connectivity index (χ0v) is 17.5. The van der Waals surface area contributed by atoms with Crippen molar-refractivity contribution in [2.45, 2.75) is 12.6 Å². The highest BCUT2D eigenvalue weighted by Gasteiger charge is 2.44. The molecule has 3 aromatic carbocycles. The standard InChI is InChI=1S/C25H18F3N3O2/c1-33-15-5-6-21-17(10-15)16-7-8-30-24(23(16)29-21)31(14-4-2-3-13(26)9-14)22-12-20(28)19(27)11-18(22)25(30)32/h2-6,9-12,24,29H,7-8H2,1H3. The molecule has 1 unspecified atom stereocenters. The van der Waals surface area contributed by atoms with Gasteiger partial charge in [0.15, 0.2) is 17.8 Å². The van der Waals surface area contributed by atoms with Gasteiger partial charge in [-0.2, -0.15) is 0 Å². The average Bonchev–Trinajstić information content (AvgIpc) is 3.19. The number of benzene rings is 3. The molecule has 1 N–H and O–H groups in total. The van der Waals surface area contributed by atoms with E-state index in [-0.39, 0.29) is 11.3 Å². The molecular weight excluding hydrogens is 431 g/mol. The van der Waals surface area contributed by atoms with Crippen LogP contribution < -0.4 is 9.64 Å². The first-order chi connectivity index (χ1) is 16.0. The zero-order chi connectivity index (χ0) is 22.9. The fourth-order valence-corrected chi connectivity index (χ4v) is 4.96. The third kappa shape index (κ3) is 2.83. The number of methoxy groups -OCH3 is 1. The van der Waals surface area contributed by atoms with Gasteiger partial charge in [-0.3, -0.25) is 4.79 Å². The molecule has 0 radical (unpaired) electrons. The van der Waals surface area contributed by atoms with Crippen molar-refractivity contribution in [2.24, 2.45) is 0 Å². The number of halogens is 3. The Labute approximate surface area is 187 Å². The van der Waals surface area contributed by atoms with Crippen molar-refractivity contribution in [3.8, 4) is 5.75 Å². The van der Waals surface area contributed by atoms with Gasteiger partial charge in [-0.15, -0.1) is 0 Å². The molecule has 1 atom stereocenters. The molecule has 5 nitrogen and oxygen atoms in total. The molecule has 2 aliphatic heterocycles. The van der Waals surface area contributed by atoms with Crippen molar-refractivity contribution in [2.75, 3.05) is 18.6 Å². The molecule has 0 aliphatic carbocycles. The second-order valence-electron chi connectivity index (χ2n) is 8.18. The summed E-state index contributed by atoms with van der Waals surface area (Å²) in [6, 6.07) is 13.4. The summed E-state index contributed by atoms with van der Waals surface area (Å²) in [7, 11) is 1.60. The average molecular weight is 449 g/mol. The number of H-pyrrole nitrogens is 1. The van der Waals surface area contributed by atoms with E-state index in [1.807, 2.05) is 18.2 Å². The van der Waals surface area contributed by atoms with Crippen molar-refractivity contribution >= 4 is 28.2 Å². The number of aromatic amines is 1. The number of amides is 1. The summed E-state index contributed by atoms with van der Waals surface area (Å²) in [5, 5.41) is 0.965. The van der Waals surface area contributed by atoms with Crippen molar-refractivity contribution < 1.29 is 22.7 Å². The molecule has 3 heterocycles. The summed E-state index contributed by atoms with van der Waals surface area (Å²) < 4.78 is 48.1. The van der Waals surface area contributed by atoms with Crippen LogP contribution in [-0.4, -0.2) is 29.4 Å². The van der Waals surface area contributed by atoms with Crippen LogP contribution in [0.15, 0.2) is 54.6 Å². The molecule has 0 spiro atoms. The van der Waals surface area contributed by atoms with E-state index >= 15 is 0 Å². The number of anilines is 2. The van der Waals surface area contributed by atoms with Crippen LogP contribution in [0.2, 0.25) is 0 Å². The third-order valence-corrected chi connectivity index (χ3v) is 6.42. The molecule has 0 saturated heterocycles. The van der Waals surface area contributed by atoms with E-state index in [9.17, 15) is 18.0 Å². The molecule has 0 fully saturated rings. The number of nitrogens with one attached hydrogen (secondary N) is 1. The first-order valence-corrected chi connectivity index (χ1v) is 10.5. The number of fused-ring (bicyclic) bond motifs is 6. The maximum Gasteiger partial charge on any atom is 0.258 e. The van der Waals surface area contributed by atoms with Gasteiger partial charge in [0.1, 0.15) is 11.6 Å². The van der Waals surface area contributed by atoms with E-state index in [2.05, 4.69) is 4.98 Å².